The van der Waals surface area contributed by atoms with E-state index >= 15 is 0 Å². The fourth-order valence-corrected chi connectivity index (χ4v) is 4.95. The molecule has 0 bridgehead atoms. The van der Waals surface area contributed by atoms with E-state index in [1.54, 1.807) is 13.2 Å². The molecule has 0 radical (unpaired) electrons. The van der Waals surface area contributed by atoms with Crippen molar-refractivity contribution in [2.45, 2.75) is 44.6 Å². The molecule has 3 amide bonds. The Morgan fingerprint density at radius 1 is 1.15 bits per heavy atom. The Hall–Kier alpha value is -3.39. The number of benzene rings is 2. The highest BCUT2D eigenvalue weighted by Gasteiger charge is 2.30. The molecule has 2 saturated heterocycles. The molecule has 8 nitrogen and oxygen atoms in total. The van der Waals surface area contributed by atoms with Crippen LogP contribution in [0.4, 0.5) is 0 Å². The van der Waals surface area contributed by atoms with Gasteiger partial charge >= 0.3 is 0 Å². The highest BCUT2D eigenvalue weighted by molar-refractivity contribution is 6.04. The molecule has 2 aliphatic heterocycles. The molecular weight excluding hydrogens is 434 g/mol. The molecule has 5 rings (SSSR count). The molecule has 8 heteroatoms. The van der Waals surface area contributed by atoms with Crippen LogP contribution in [0.25, 0.3) is 21.7 Å². The summed E-state index contributed by atoms with van der Waals surface area (Å²) in [4.78, 5) is 37.2. The Labute approximate surface area is 197 Å². The molecule has 0 aliphatic carbocycles. The fourth-order valence-electron chi connectivity index (χ4n) is 4.95. The second kappa shape index (κ2) is 9.46. The van der Waals surface area contributed by atoms with E-state index in [0.29, 0.717) is 25.5 Å². The number of likely N-dealkylation sites (tertiary alicyclic amines) is 1. The summed E-state index contributed by atoms with van der Waals surface area (Å²) in [5.41, 5.74) is 1.54. The number of carbonyl (C=O) groups excluding carboxylic acids is 3. The summed E-state index contributed by atoms with van der Waals surface area (Å²) in [5, 5.41) is 8.87. The van der Waals surface area contributed by atoms with Crippen molar-refractivity contribution in [3.63, 3.8) is 0 Å². The second-order valence-corrected chi connectivity index (χ2v) is 9.13. The van der Waals surface area contributed by atoms with Crippen molar-refractivity contribution in [3.05, 3.63) is 42.2 Å². The Kier molecular flexibility index (Phi) is 6.24. The first-order valence-corrected chi connectivity index (χ1v) is 11.9. The van der Waals surface area contributed by atoms with Gasteiger partial charge in [-0.3, -0.25) is 19.7 Å². The molecule has 178 valence electrons. The molecule has 2 aliphatic rings. The number of fused-ring (bicyclic) bond motifs is 2. The Morgan fingerprint density at radius 3 is 2.74 bits per heavy atom. The number of hydrogen-bond acceptors (Lipinski definition) is 6. The van der Waals surface area contributed by atoms with E-state index in [4.69, 9.17) is 9.15 Å². The largest absolute Gasteiger partial charge is 0.492 e. The van der Waals surface area contributed by atoms with Gasteiger partial charge in [0, 0.05) is 50.0 Å². The van der Waals surface area contributed by atoms with Gasteiger partial charge in [0.1, 0.15) is 17.9 Å². The van der Waals surface area contributed by atoms with Crippen LogP contribution < -0.4 is 15.4 Å². The molecule has 0 spiro atoms. The first kappa shape index (κ1) is 22.4. The average Bonchev–Trinajstić information content (AvgIpc) is 3.23. The molecule has 2 fully saturated rings. The minimum Gasteiger partial charge on any atom is -0.492 e. The lowest BCUT2D eigenvalue weighted by atomic mass is 9.90. The number of ether oxygens (including phenoxy) is 1. The molecule has 1 aromatic heterocycles. The lowest BCUT2D eigenvalue weighted by molar-refractivity contribution is -0.134. The first-order valence-electron chi connectivity index (χ1n) is 11.9. The Balaban J connectivity index is 1.23. The predicted octanol–water partition coefficient (Wildman–Crippen LogP) is 3.09. The highest BCUT2D eigenvalue weighted by Crippen LogP contribution is 2.35. The van der Waals surface area contributed by atoms with Crippen LogP contribution in [-0.2, 0) is 14.4 Å². The number of piperidine rings is 2. The number of amides is 3. The van der Waals surface area contributed by atoms with E-state index in [9.17, 15) is 14.4 Å². The molecule has 0 unspecified atom stereocenters. The molecular formula is C26H29N3O5. The van der Waals surface area contributed by atoms with Crippen LogP contribution in [0.15, 0.2) is 41.0 Å². The van der Waals surface area contributed by atoms with E-state index in [2.05, 4.69) is 10.6 Å². The van der Waals surface area contributed by atoms with Crippen LogP contribution in [0.5, 0.6) is 5.75 Å². The topological polar surface area (TPSA) is 101 Å². The van der Waals surface area contributed by atoms with E-state index in [1.165, 1.54) is 0 Å². The molecule has 3 aromatic rings. The van der Waals surface area contributed by atoms with Crippen LogP contribution >= 0.6 is 0 Å². The smallest absolute Gasteiger partial charge is 0.234 e. The highest BCUT2D eigenvalue weighted by atomic mass is 16.5. The summed E-state index contributed by atoms with van der Waals surface area (Å²) in [6, 6.07) is 10.4. The number of imide groups is 1. The van der Waals surface area contributed by atoms with Gasteiger partial charge in [-0.1, -0.05) is 6.07 Å². The van der Waals surface area contributed by atoms with Gasteiger partial charge in [0.15, 0.2) is 0 Å². The zero-order valence-corrected chi connectivity index (χ0v) is 19.3. The van der Waals surface area contributed by atoms with Crippen LogP contribution in [0.3, 0.4) is 0 Å². The van der Waals surface area contributed by atoms with Gasteiger partial charge in [-0.25, -0.2) is 0 Å². The number of furan rings is 1. The van der Waals surface area contributed by atoms with E-state index in [1.807, 2.05) is 35.2 Å². The summed E-state index contributed by atoms with van der Waals surface area (Å²) < 4.78 is 11.7. The van der Waals surface area contributed by atoms with Crippen LogP contribution in [0, 0.1) is 0 Å². The third kappa shape index (κ3) is 4.63. The maximum absolute atomic E-state index is 12.4. The summed E-state index contributed by atoms with van der Waals surface area (Å²) in [6.07, 6.45) is 4.38. The van der Waals surface area contributed by atoms with Gasteiger partial charge < -0.3 is 19.4 Å². The van der Waals surface area contributed by atoms with Crippen molar-refractivity contribution in [2.75, 3.05) is 26.2 Å². The van der Waals surface area contributed by atoms with Crippen LogP contribution in [-0.4, -0.2) is 54.9 Å². The third-order valence-corrected chi connectivity index (χ3v) is 6.89. The van der Waals surface area contributed by atoms with Crippen molar-refractivity contribution < 1.29 is 23.5 Å². The zero-order chi connectivity index (χ0) is 23.7. The minimum absolute atomic E-state index is 0.148. The molecule has 34 heavy (non-hydrogen) atoms. The normalized spacial score (nSPS) is 19.6. The van der Waals surface area contributed by atoms with Crippen molar-refractivity contribution >= 4 is 39.5 Å². The summed E-state index contributed by atoms with van der Waals surface area (Å²) in [5.74, 6) is 0.0539. The third-order valence-electron chi connectivity index (χ3n) is 6.89. The number of carbonyl (C=O) groups is 3. The van der Waals surface area contributed by atoms with Crippen molar-refractivity contribution in [3.8, 4) is 5.75 Å². The SMILES string of the molecule is CC(=O)N1CCC(NCCOc2ccc3cc4occ([C@H]5CCC(=O)NC5=O)c4cc3c2)CC1. The molecule has 0 saturated carbocycles. The van der Waals surface area contributed by atoms with E-state index in [-0.39, 0.29) is 23.6 Å². The number of nitrogens with one attached hydrogen (secondary N) is 2. The maximum atomic E-state index is 12.4. The van der Waals surface area contributed by atoms with Crippen LogP contribution in [0.1, 0.15) is 44.1 Å². The summed E-state index contributed by atoms with van der Waals surface area (Å²) in [7, 11) is 0. The minimum atomic E-state index is -0.385. The van der Waals surface area contributed by atoms with Gasteiger partial charge in [-0.15, -0.1) is 0 Å². The zero-order valence-electron chi connectivity index (χ0n) is 19.3. The monoisotopic (exact) mass is 463 g/mol. The first-order chi connectivity index (χ1) is 16.5. The quantitative estimate of drug-likeness (QED) is 0.430. The lowest BCUT2D eigenvalue weighted by Crippen LogP contribution is -2.45. The molecule has 2 N–H and O–H groups in total. The van der Waals surface area contributed by atoms with E-state index in [0.717, 1.165) is 65.5 Å². The van der Waals surface area contributed by atoms with Gasteiger partial charge in [0.2, 0.25) is 17.7 Å². The van der Waals surface area contributed by atoms with Crippen molar-refractivity contribution in [2.24, 2.45) is 0 Å². The van der Waals surface area contributed by atoms with Crippen molar-refractivity contribution in [1.29, 1.82) is 0 Å². The van der Waals surface area contributed by atoms with Crippen molar-refractivity contribution in [1.82, 2.24) is 15.5 Å². The van der Waals surface area contributed by atoms with Gasteiger partial charge in [-0.2, -0.15) is 0 Å². The number of hydrogen-bond donors (Lipinski definition) is 2. The summed E-state index contributed by atoms with van der Waals surface area (Å²) in [6.45, 7) is 4.53. The second-order valence-electron chi connectivity index (χ2n) is 9.13. The Bertz CT molecular complexity index is 1240. The van der Waals surface area contributed by atoms with E-state index < -0.39 is 0 Å². The molecule has 1 atom stereocenters. The summed E-state index contributed by atoms with van der Waals surface area (Å²) >= 11 is 0. The molecule has 2 aromatic carbocycles. The van der Waals surface area contributed by atoms with Gasteiger partial charge in [0.25, 0.3) is 0 Å². The van der Waals surface area contributed by atoms with Gasteiger partial charge in [-0.05, 0) is 54.3 Å². The van der Waals surface area contributed by atoms with Gasteiger partial charge in [0.05, 0.1) is 12.2 Å². The standard InChI is InChI=1S/C26H29N3O5/c1-16(30)29-9-6-19(7-10-29)27-8-11-33-20-3-2-17-14-24-22(13-18(17)12-20)23(15-34-24)21-4-5-25(31)28-26(21)32/h2-3,12-15,19,21,27H,4-11H2,1H3,(H,28,31,32)/t21-/m1/s1. The van der Waals surface area contributed by atoms with Crippen LogP contribution in [0.2, 0.25) is 0 Å². The number of rotatable bonds is 6. The average molecular weight is 464 g/mol. The molecule has 3 heterocycles. The number of nitrogens with zero attached hydrogens (tertiary/aromatic N) is 1. The Morgan fingerprint density at radius 2 is 1.97 bits per heavy atom. The lowest BCUT2D eigenvalue weighted by Gasteiger charge is -2.31. The maximum Gasteiger partial charge on any atom is 0.234 e. The fraction of sp³-hybridized carbons (Fsp3) is 0.423. The predicted molar refractivity (Wildman–Crippen MR) is 128 cm³/mol.